The van der Waals surface area contributed by atoms with E-state index in [1.165, 1.54) is 5.01 Å². The van der Waals surface area contributed by atoms with E-state index in [2.05, 4.69) is 36.5 Å². The fraction of sp³-hybridized carbons (Fsp3) is 0.727. The Hall–Kier alpha value is -0.450. The maximum atomic E-state index is 4.96. The van der Waals surface area contributed by atoms with E-state index in [4.69, 9.17) is 4.74 Å². The van der Waals surface area contributed by atoms with Crippen molar-refractivity contribution in [1.82, 2.24) is 10.3 Å². The van der Waals surface area contributed by atoms with Gasteiger partial charge in [0, 0.05) is 31.0 Å². The lowest BCUT2D eigenvalue weighted by Crippen LogP contribution is -2.19. The first-order valence-corrected chi connectivity index (χ1v) is 6.06. The van der Waals surface area contributed by atoms with E-state index in [0.717, 1.165) is 25.4 Å². The summed E-state index contributed by atoms with van der Waals surface area (Å²) >= 11 is 1.74. The summed E-state index contributed by atoms with van der Waals surface area (Å²) in [7, 11) is 1.71. The number of methoxy groups -OCH3 is 1. The Labute approximate surface area is 95.9 Å². The monoisotopic (exact) mass is 228 g/mol. The summed E-state index contributed by atoms with van der Waals surface area (Å²) in [6.45, 7) is 9.01. The molecule has 0 atom stereocenters. The molecule has 3 nitrogen and oxygen atoms in total. The first kappa shape index (κ1) is 12.6. The second-order valence-electron chi connectivity index (χ2n) is 4.56. The zero-order valence-corrected chi connectivity index (χ0v) is 10.8. The van der Waals surface area contributed by atoms with Gasteiger partial charge in [0.05, 0.1) is 17.3 Å². The van der Waals surface area contributed by atoms with E-state index in [9.17, 15) is 0 Å². The molecule has 0 aromatic carbocycles. The average Bonchev–Trinajstić information content (AvgIpc) is 2.60. The average molecular weight is 228 g/mol. The third-order valence-electron chi connectivity index (χ3n) is 1.98. The fourth-order valence-electron chi connectivity index (χ4n) is 1.12. The van der Waals surface area contributed by atoms with Crippen LogP contribution < -0.4 is 5.32 Å². The summed E-state index contributed by atoms with van der Waals surface area (Å²) in [5.41, 5.74) is 1.29. The second kappa shape index (κ2) is 5.58. The van der Waals surface area contributed by atoms with Gasteiger partial charge >= 0.3 is 0 Å². The number of hydrogen-bond acceptors (Lipinski definition) is 4. The molecule has 0 aliphatic heterocycles. The number of aromatic nitrogens is 1. The molecule has 1 heterocycles. The minimum Gasteiger partial charge on any atom is -0.383 e. The standard InChI is InChI=1S/C11H20N2OS/c1-11(2,3)10-13-9(8-15-10)7-12-5-6-14-4/h8,12H,5-7H2,1-4H3. The highest BCUT2D eigenvalue weighted by Crippen LogP contribution is 2.25. The molecule has 0 saturated heterocycles. The van der Waals surface area contributed by atoms with Crippen molar-refractivity contribution in [2.45, 2.75) is 32.7 Å². The van der Waals surface area contributed by atoms with Crippen LogP contribution in [0.2, 0.25) is 0 Å². The molecule has 0 radical (unpaired) electrons. The molecule has 1 rings (SSSR count). The summed E-state index contributed by atoms with van der Waals surface area (Å²) in [5, 5.41) is 6.61. The number of ether oxygens (including phenoxy) is 1. The maximum absolute atomic E-state index is 4.96. The lowest BCUT2D eigenvalue weighted by atomic mass is 9.98. The third-order valence-corrected chi connectivity index (χ3v) is 3.30. The van der Waals surface area contributed by atoms with E-state index < -0.39 is 0 Å². The summed E-state index contributed by atoms with van der Waals surface area (Å²) < 4.78 is 4.96. The SMILES string of the molecule is COCCNCc1csc(C(C)(C)C)n1. The molecule has 1 aromatic heterocycles. The summed E-state index contributed by atoms with van der Waals surface area (Å²) in [5.74, 6) is 0. The summed E-state index contributed by atoms with van der Waals surface area (Å²) in [6, 6.07) is 0. The Morgan fingerprint density at radius 2 is 2.20 bits per heavy atom. The largest absolute Gasteiger partial charge is 0.383 e. The molecule has 0 bridgehead atoms. The van der Waals surface area contributed by atoms with Crippen LogP contribution in [0.25, 0.3) is 0 Å². The highest BCUT2D eigenvalue weighted by Gasteiger charge is 2.17. The molecule has 86 valence electrons. The normalized spacial score (nSPS) is 12.0. The molecule has 15 heavy (non-hydrogen) atoms. The number of nitrogens with one attached hydrogen (secondary N) is 1. The van der Waals surface area contributed by atoms with E-state index in [1.54, 1.807) is 18.4 Å². The summed E-state index contributed by atoms with van der Waals surface area (Å²) in [6.07, 6.45) is 0. The van der Waals surface area contributed by atoms with Crippen LogP contribution in [0.3, 0.4) is 0 Å². The molecule has 0 spiro atoms. The van der Waals surface area contributed by atoms with Crippen molar-refractivity contribution < 1.29 is 4.74 Å². The number of thiazole rings is 1. The fourth-order valence-corrected chi connectivity index (χ4v) is 2.03. The van der Waals surface area contributed by atoms with Gasteiger partial charge in [-0.15, -0.1) is 11.3 Å². The van der Waals surface area contributed by atoms with Gasteiger partial charge in [-0.2, -0.15) is 0 Å². The van der Waals surface area contributed by atoms with Crippen LogP contribution >= 0.6 is 11.3 Å². The molecular weight excluding hydrogens is 208 g/mol. The molecule has 1 N–H and O–H groups in total. The lowest BCUT2D eigenvalue weighted by molar-refractivity contribution is 0.199. The van der Waals surface area contributed by atoms with Gasteiger partial charge in [-0.25, -0.2) is 4.98 Å². The van der Waals surface area contributed by atoms with Crippen LogP contribution in [-0.4, -0.2) is 25.2 Å². The van der Waals surface area contributed by atoms with Crippen molar-refractivity contribution in [3.8, 4) is 0 Å². The van der Waals surface area contributed by atoms with Crippen molar-refractivity contribution in [2.24, 2.45) is 0 Å². The highest BCUT2D eigenvalue weighted by molar-refractivity contribution is 7.09. The van der Waals surface area contributed by atoms with Crippen LogP contribution in [0.1, 0.15) is 31.5 Å². The first-order valence-electron chi connectivity index (χ1n) is 5.18. The Bertz CT molecular complexity index is 291. The van der Waals surface area contributed by atoms with Crippen molar-refractivity contribution >= 4 is 11.3 Å². The van der Waals surface area contributed by atoms with Crippen molar-refractivity contribution in [2.75, 3.05) is 20.3 Å². The molecule has 0 aliphatic carbocycles. The van der Waals surface area contributed by atoms with Crippen LogP contribution in [0, 0.1) is 0 Å². The molecule has 0 saturated carbocycles. The number of hydrogen-bond donors (Lipinski definition) is 1. The van der Waals surface area contributed by atoms with Crippen LogP contribution in [0.5, 0.6) is 0 Å². The molecule has 0 amide bonds. The van der Waals surface area contributed by atoms with E-state index >= 15 is 0 Å². The minimum absolute atomic E-state index is 0.162. The van der Waals surface area contributed by atoms with E-state index in [-0.39, 0.29) is 5.41 Å². The van der Waals surface area contributed by atoms with Crippen LogP contribution in [0.4, 0.5) is 0 Å². The number of nitrogens with zero attached hydrogens (tertiary/aromatic N) is 1. The molecule has 1 aromatic rings. The summed E-state index contributed by atoms with van der Waals surface area (Å²) in [4.78, 5) is 4.59. The maximum Gasteiger partial charge on any atom is 0.0982 e. The molecular formula is C11H20N2OS. The topological polar surface area (TPSA) is 34.1 Å². The Morgan fingerprint density at radius 1 is 1.47 bits per heavy atom. The predicted octanol–water partition coefficient (Wildman–Crippen LogP) is 2.18. The Morgan fingerprint density at radius 3 is 2.73 bits per heavy atom. The Kier molecular flexibility index (Phi) is 4.70. The quantitative estimate of drug-likeness (QED) is 0.784. The van der Waals surface area contributed by atoms with Gasteiger partial charge in [0.2, 0.25) is 0 Å². The zero-order chi connectivity index (χ0) is 11.3. The van der Waals surface area contributed by atoms with Crippen molar-refractivity contribution in [1.29, 1.82) is 0 Å². The van der Waals surface area contributed by atoms with Crippen LogP contribution in [0.15, 0.2) is 5.38 Å². The molecule has 4 heteroatoms. The third kappa shape index (κ3) is 4.28. The van der Waals surface area contributed by atoms with E-state index in [0.29, 0.717) is 0 Å². The zero-order valence-electron chi connectivity index (χ0n) is 9.96. The van der Waals surface area contributed by atoms with Gasteiger partial charge < -0.3 is 10.1 Å². The minimum atomic E-state index is 0.162. The predicted molar refractivity (Wildman–Crippen MR) is 64.4 cm³/mol. The van der Waals surface area contributed by atoms with Gasteiger partial charge in [-0.3, -0.25) is 0 Å². The van der Waals surface area contributed by atoms with Crippen molar-refractivity contribution in [3.05, 3.63) is 16.1 Å². The highest BCUT2D eigenvalue weighted by atomic mass is 32.1. The smallest absolute Gasteiger partial charge is 0.0982 e. The van der Waals surface area contributed by atoms with E-state index in [1.807, 2.05) is 0 Å². The van der Waals surface area contributed by atoms with Gasteiger partial charge in [-0.1, -0.05) is 20.8 Å². The van der Waals surface area contributed by atoms with Gasteiger partial charge in [0.25, 0.3) is 0 Å². The first-order chi connectivity index (χ1) is 7.04. The van der Waals surface area contributed by atoms with Gasteiger partial charge in [0.15, 0.2) is 0 Å². The Balaban J connectivity index is 2.40. The molecule has 0 aliphatic rings. The van der Waals surface area contributed by atoms with Gasteiger partial charge in [-0.05, 0) is 0 Å². The van der Waals surface area contributed by atoms with Gasteiger partial charge in [0.1, 0.15) is 0 Å². The molecule has 0 fully saturated rings. The lowest BCUT2D eigenvalue weighted by Gasteiger charge is -2.13. The van der Waals surface area contributed by atoms with Crippen molar-refractivity contribution in [3.63, 3.8) is 0 Å². The number of rotatable bonds is 5. The van der Waals surface area contributed by atoms with Crippen LogP contribution in [-0.2, 0) is 16.7 Å². The second-order valence-corrected chi connectivity index (χ2v) is 5.42. The molecule has 0 unspecified atom stereocenters.